The molecule has 2 heterocycles. The van der Waals surface area contributed by atoms with Gasteiger partial charge in [0, 0.05) is 39.0 Å². The Bertz CT molecular complexity index is 434. The molecular formula is C19H32N2O3. The van der Waals surface area contributed by atoms with Gasteiger partial charge in [-0.15, -0.1) is 0 Å². The van der Waals surface area contributed by atoms with E-state index in [1.54, 1.807) is 0 Å². The van der Waals surface area contributed by atoms with Crippen molar-refractivity contribution in [2.45, 2.75) is 70.3 Å². The number of hydrogen-bond donors (Lipinski definition) is 0. The summed E-state index contributed by atoms with van der Waals surface area (Å²) in [6, 6.07) is 0. The zero-order chi connectivity index (χ0) is 16.8. The van der Waals surface area contributed by atoms with E-state index in [4.69, 9.17) is 4.74 Å². The van der Waals surface area contributed by atoms with Crippen LogP contribution in [0.15, 0.2) is 0 Å². The molecule has 3 fully saturated rings. The average molecular weight is 336 g/mol. The van der Waals surface area contributed by atoms with Crippen LogP contribution in [0.25, 0.3) is 0 Å². The quantitative estimate of drug-likeness (QED) is 0.749. The minimum absolute atomic E-state index is 0.228. The number of carbonyl (C=O) groups is 2. The Hall–Kier alpha value is -1.10. The van der Waals surface area contributed by atoms with E-state index in [0.717, 1.165) is 51.4 Å². The van der Waals surface area contributed by atoms with Crippen molar-refractivity contribution >= 4 is 11.8 Å². The highest BCUT2D eigenvalue weighted by Gasteiger charge is 2.27. The van der Waals surface area contributed by atoms with Crippen LogP contribution < -0.4 is 0 Å². The Morgan fingerprint density at radius 1 is 1.12 bits per heavy atom. The number of rotatable bonds is 6. The minimum atomic E-state index is 0.228. The molecule has 2 saturated heterocycles. The lowest BCUT2D eigenvalue weighted by molar-refractivity contribution is -0.140. The molecule has 3 rings (SSSR count). The second-order valence-electron chi connectivity index (χ2n) is 7.66. The van der Waals surface area contributed by atoms with Crippen LogP contribution in [0.5, 0.6) is 0 Å². The summed E-state index contributed by atoms with van der Waals surface area (Å²) in [6.45, 7) is 3.77. The fourth-order valence-electron chi connectivity index (χ4n) is 4.40. The molecule has 2 aliphatic heterocycles. The third kappa shape index (κ3) is 4.95. The monoisotopic (exact) mass is 336 g/mol. The number of carbonyl (C=O) groups excluding carboxylic acids is 2. The molecule has 0 aromatic heterocycles. The highest BCUT2D eigenvalue weighted by atomic mass is 16.5. The van der Waals surface area contributed by atoms with Gasteiger partial charge in [-0.25, -0.2) is 0 Å². The number of likely N-dealkylation sites (tertiary alicyclic amines) is 1. The average Bonchev–Trinajstić information content (AvgIpc) is 3.01. The van der Waals surface area contributed by atoms with Crippen molar-refractivity contribution < 1.29 is 14.3 Å². The van der Waals surface area contributed by atoms with Gasteiger partial charge in [0.1, 0.15) is 0 Å². The summed E-state index contributed by atoms with van der Waals surface area (Å²) >= 11 is 0. The lowest BCUT2D eigenvalue weighted by Gasteiger charge is -2.35. The van der Waals surface area contributed by atoms with Gasteiger partial charge in [-0.3, -0.25) is 9.59 Å². The van der Waals surface area contributed by atoms with Crippen molar-refractivity contribution in [1.29, 1.82) is 0 Å². The molecule has 136 valence electrons. The first-order valence-electron chi connectivity index (χ1n) is 9.89. The van der Waals surface area contributed by atoms with Crippen molar-refractivity contribution in [3.63, 3.8) is 0 Å². The fourth-order valence-corrected chi connectivity index (χ4v) is 4.40. The fraction of sp³-hybridized carbons (Fsp3) is 0.895. The van der Waals surface area contributed by atoms with Crippen molar-refractivity contribution in [2.24, 2.45) is 5.92 Å². The molecule has 0 N–H and O–H groups in total. The molecule has 0 radical (unpaired) electrons. The molecule has 0 bridgehead atoms. The maximum Gasteiger partial charge on any atom is 0.222 e. The number of hydrogen-bond acceptors (Lipinski definition) is 3. The smallest absolute Gasteiger partial charge is 0.222 e. The summed E-state index contributed by atoms with van der Waals surface area (Å²) < 4.78 is 5.91. The van der Waals surface area contributed by atoms with Gasteiger partial charge in [0.05, 0.1) is 12.7 Å². The summed E-state index contributed by atoms with van der Waals surface area (Å²) in [7, 11) is 0. The lowest BCUT2D eigenvalue weighted by atomic mass is 9.85. The van der Waals surface area contributed by atoms with E-state index in [9.17, 15) is 9.59 Å². The Morgan fingerprint density at radius 2 is 1.96 bits per heavy atom. The lowest BCUT2D eigenvalue weighted by Crippen LogP contribution is -2.46. The molecule has 3 aliphatic rings. The van der Waals surface area contributed by atoms with Gasteiger partial charge in [-0.05, 0) is 25.2 Å². The second kappa shape index (κ2) is 8.84. The zero-order valence-corrected chi connectivity index (χ0v) is 14.9. The van der Waals surface area contributed by atoms with Crippen LogP contribution in [0.4, 0.5) is 0 Å². The number of morpholine rings is 1. The molecule has 0 aromatic rings. The molecular weight excluding hydrogens is 304 g/mol. The SMILES string of the molecule is O=C1CCCN1CCCC(=O)N1CCO[C@@H](CC2CCCCC2)C1. The van der Waals surface area contributed by atoms with Gasteiger partial charge < -0.3 is 14.5 Å². The van der Waals surface area contributed by atoms with Crippen LogP contribution in [0.2, 0.25) is 0 Å². The largest absolute Gasteiger partial charge is 0.375 e. The van der Waals surface area contributed by atoms with E-state index in [2.05, 4.69) is 0 Å². The topological polar surface area (TPSA) is 49.9 Å². The summed E-state index contributed by atoms with van der Waals surface area (Å²) in [5, 5.41) is 0. The predicted molar refractivity (Wildman–Crippen MR) is 92.6 cm³/mol. The summed E-state index contributed by atoms with van der Waals surface area (Å²) in [4.78, 5) is 27.9. The standard InChI is InChI=1S/C19H32N2O3/c22-18-8-4-10-20(18)11-5-9-19(23)21-12-13-24-17(15-21)14-16-6-2-1-3-7-16/h16-17H,1-15H2/t17-/m0/s1. The highest BCUT2D eigenvalue weighted by Crippen LogP contribution is 2.29. The molecule has 0 aromatic carbocycles. The Labute approximate surface area is 145 Å². The third-order valence-corrected chi connectivity index (χ3v) is 5.80. The molecule has 1 saturated carbocycles. The highest BCUT2D eigenvalue weighted by molar-refractivity contribution is 5.78. The van der Waals surface area contributed by atoms with E-state index in [-0.39, 0.29) is 17.9 Å². The molecule has 0 unspecified atom stereocenters. The van der Waals surface area contributed by atoms with Crippen LogP contribution in [-0.4, -0.2) is 60.5 Å². The number of ether oxygens (including phenoxy) is 1. The number of amides is 2. The molecule has 0 spiro atoms. The Morgan fingerprint density at radius 3 is 2.71 bits per heavy atom. The van der Waals surface area contributed by atoms with Gasteiger partial charge in [-0.2, -0.15) is 0 Å². The summed E-state index contributed by atoms with van der Waals surface area (Å²) in [5.41, 5.74) is 0. The first-order valence-corrected chi connectivity index (χ1v) is 9.89. The molecule has 1 aliphatic carbocycles. The summed E-state index contributed by atoms with van der Waals surface area (Å²) in [5.74, 6) is 1.28. The molecule has 24 heavy (non-hydrogen) atoms. The van der Waals surface area contributed by atoms with E-state index >= 15 is 0 Å². The van der Waals surface area contributed by atoms with Crippen molar-refractivity contribution in [3.8, 4) is 0 Å². The maximum atomic E-state index is 12.5. The minimum Gasteiger partial charge on any atom is -0.375 e. The van der Waals surface area contributed by atoms with E-state index in [1.807, 2.05) is 9.80 Å². The molecule has 2 amide bonds. The van der Waals surface area contributed by atoms with Crippen molar-refractivity contribution in [1.82, 2.24) is 9.80 Å². The van der Waals surface area contributed by atoms with Crippen LogP contribution in [0.3, 0.4) is 0 Å². The third-order valence-electron chi connectivity index (χ3n) is 5.80. The first kappa shape index (κ1) is 17.7. The van der Waals surface area contributed by atoms with Gasteiger partial charge in [0.25, 0.3) is 0 Å². The van der Waals surface area contributed by atoms with Crippen LogP contribution in [0.1, 0.15) is 64.2 Å². The Balaban J connectivity index is 1.37. The number of nitrogens with zero attached hydrogens (tertiary/aromatic N) is 2. The van der Waals surface area contributed by atoms with Crippen LogP contribution in [-0.2, 0) is 14.3 Å². The summed E-state index contributed by atoms with van der Waals surface area (Å²) in [6.07, 6.45) is 11.1. The van der Waals surface area contributed by atoms with Crippen LogP contribution >= 0.6 is 0 Å². The maximum absolute atomic E-state index is 12.5. The Kier molecular flexibility index (Phi) is 6.52. The van der Waals surface area contributed by atoms with Gasteiger partial charge in [0.2, 0.25) is 11.8 Å². The normalized spacial score (nSPS) is 26.2. The molecule has 1 atom stereocenters. The van der Waals surface area contributed by atoms with E-state index in [0.29, 0.717) is 19.4 Å². The van der Waals surface area contributed by atoms with Gasteiger partial charge in [0.15, 0.2) is 0 Å². The second-order valence-corrected chi connectivity index (χ2v) is 7.66. The van der Waals surface area contributed by atoms with Crippen molar-refractivity contribution in [3.05, 3.63) is 0 Å². The van der Waals surface area contributed by atoms with Gasteiger partial charge >= 0.3 is 0 Å². The molecule has 5 heteroatoms. The predicted octanol–water partition coefficient (Wildman–Crippen LogP) is 2.59. The van der Waals surface area contributed by atoms with Crippen LogP contribution in [0, 0.1) is 5.92 Å². The van der Waals surface area contributed by atoms with Gasteiger partial charge in [-0.1, -0.05) is 32.1 Å². The van der Waals surface area contributed by atoms with Crippen molar-refractivity contribution in [2.75, 3.05) is 32.8 Å². The zero-order valence-electron chi connectivity index (χ0n) is 14.9. The first-order chi connectivity index (χ1) is 11.7. The molecule has 5 nitrogen and oxygen atoms in total. The van der Waals surface area contributed by atoms with E-state index < -0.39 is 0 Å². The van der Waals surface area contributed by atoms with E-state index in [1.165, 1.54) is 32.1 Å².